The third-order valence-corrected chi connectivity index (χ3v) is 5.31. The second-order valence-corrected chi connectivity index (χ2v) is 7.39. The molecule has 8 heteroatoms. The standard InChI is InChI=1S/C21H26N6O2/c1-29-14-19(28)24-18-11-23-26-21(18)16-8-5-9-27(12-16)13-17-10-22-25-20(17)15-6-3-2-4-7-15/h2-4,6-7,10-11,16H,5,8-9,12-14H2,1H3,(H,22,25)(H,23,26)(H,24,28)/t16-/m0/s1. The van der Waals surface area contributed by atoms with Gasteiger partial charge in [0.15, 0.2) is 0 Å². The van der Waals surface area contributed by atoms with E-state index in [4.69, 9.17) is 4.74 Å². The van der Waals surface area contributed by atoms with Gasteiger partial charge in [0.1, 0.15) is 6.61 Å². The van der Waals surface area contributed by atoms with Crippen molar-refractivity contribution in [1.29, 1.82) is 0 Å². The molecule has 8 nitrogen and oxygen atoms in total. The van der Waals surface area contributed by atoms with Crippen molar-refractivity contribution in [2.75, 3.05) is 32.1 Å². The van der Waals surface area contributed by atoms with Crippen molar-refractivity contribution >= 4 is 11.6 Å². The molecular formula is C21H26N6O2. The molecule has 1 atom stereocenters. The molecule has 3 aromatic rings. The Balaban J connectivity index is 1.45. The molecule has 1 saturated heterocycles. The highest BCUT2D eigenvalue weighted by atomic mass is 16.5. The molecule has 4 rings (SSSR count). The van der Waals surface area contributed by atoms with Crippen LogP contribution in [-0.2, 0) is 16.1 Å². The lowest BCUT2D eigenvalue weighted by Gasteiger charge is -2.32. The number of H-pyrrole nitrogens is 2. The topological polar surface area (TPSA) is 98.9 Å². The van der Waals surface area contributed by atoms with E-state index >= 15 is 0 Å². The first-order valence-electron chi connectivity index (χ1n) is 9.86. The number of benzene rings is 1. The van der Waals surface area contributed by atoms with Crippen molar-refractivity contribution in [3.05, 3.63) is 54.0 Å². The van der Waals surface area contributed by atoms with Gasteiger partial charge in [0, 0.05) is 31.7 Å². The van der Waals surface area contributed by atoms with Gasteiger partial charge >= 0.3 is 0 Å². The molecule has 1 aliphatic heterocycles. The minimum Gasteiger partial charge on any atom is -0.375 e. The van der Waals surface area contributed by atoms with Crippen molar-refractivity contribution in [3.8, 4) is 11.3 Å². The van der Waals surface area contributed by atoms with Gasteiger partial charge in [-0.05, 0) is 24.9 Å². The fraction of sp³-hybridized carbons (Fsp3) is 0.381. The molecule has 1 amide bonds. The Morgan fingerprint density at radius 2 is 2.07 bits per heavy atom. The summed E-state index contributed by atoms with van der Waals surface area (Å²) in [6, 6.07) is 10.3. The van der Waals surface area contributed by atoms with E-state index < -0.39 is 0 Å². The smallest absolute Gasteiger partial charge is 0.250 e. The van der Waals surface area contributed by atoms with Gasteiger partial charge in [0.25, 0.3) is 0 Å². The predicted molar refractivity (Wildman–Crippen MR) is 110 cm³/mol. The largest absolute Gasteiger partial charge is 0.375 e. The van der Waals surface area contributed by atoms with E-state index in [0.717, 1.165) is 55.1 Å². The molecule has 3 heterocycles. The number of aromatic amines is 2. The molecule has 0 aliphatic carbocycles. The summed E-state index contributed by atoms with van der Waals surface area (Å²) in [6.07, 6.45) is 5.74. The number of hydrogen-bond donors (Lipinski definition) is 3. The molecule has 152 valence electrons. The first-order chi connectivity index (χ1) is 14.2. The third-order valence-electron chi connectivity index (χ3n) is 5.31. The Morgan fingerprint density at radius 1 is 1.24 bits per heavy atom. The third kappa shape index (κ3) is 4.55. The first kappa shape index (κ1) is 19.4. The summed E-state index contributed by atoms with van der Waals surface area (Å²) in [5.41, 5.74) is 5.13. The van der Waals surface area contributed by atoms with Gasteiger partial charge < -0.3 is 10.1 Å². The molecule has 0 unspecified atom stereocenters. The summed E-state index contributed by atoms with van der Waals surface area (Å²) >= 11 is 0. The highest BCUT2D eigenvalue weighted by Gasteiger charge is 2.26. The molecule has 1 aromatic carbocycles. The maximum atomic E-state index is 11.9. The van der Waals surface area contributed by atoms with Gasteiger partial charge in [0.2, 0.25) is 5.91 Å². The van der Waals surface area contributed by atoms with E-state index in [0.29, 0.717) is 0 Å². The van der Waals surface area contributed by atoms with Gasteiger partial charge in [-0.25, -0.2) is 0 Å². The maximum Gasteiger partial charge on any atom is 0.250 e. The number of carbonyl (C=O) groups is 1. The number of piperidine rings is 1. The second-order valence-electron chi connectivity index (χ2n) is 7.39. The average Bonchev–Trinajstić information content (AvgIpc) is 3.38. The fourth-order valence-corrected chi connectivity index (χ4v) is 3.99. The van der Waals surface area contributed by atoms with Crippen molar-refractivity contribution in [2.45, 2.75) is 25.3 Å². The van der Waals surface area contributed by atoms with Crippen molar-refractivity contribution in [1.82, 2.24) is 25.3 Å². The number of carbonyl (C=O) groups excluding carboxylic acids is 1. The van der Waals surface area contributed by atoms with Gasteiger partial charge in [-0.2, -0.15) is 10.2 Å². The molecule has 2 aromatic heterocycles. The number of anilines is 1. The number of rotatable bonds is 7. The van der Waals surface area contributed by atoms with Gasteiger partial charge in [0.05, 0.1) is 29.5 Å². The Labute approximate surface area is 169 Å². The van der Waals surface area contributed by atoms with E-state index in [1.54, 1.807) is 6.20 Å². The average molecular weight is 394 g/mol. The molecule has 1 fully saturated rings. The molecule has 0 radical (unpaired) electrons. The predicted octanol–water partition coefficient (Wildman–Crippen LogP) is 2.76. The molecule has 1 aliphatic rings. The summed E-state index contributed by atoms with van der Waals surface area (Å²) in [5, 5.41) is 17.5. The Kier molecular flexibility index (Phi) is 6.02. The Hall–Kier alpha value is -2.97. The lowest BCUT2D eigenvalue weighted by molar-refractivity contribution is -0.119. The maximum absolute atomic E-state index is 11.9. The number of nitrogens with one attached hydrogen (secondary N) is 3. The molecule has 0 spiro atoms. The summed E-state index contributed by atoms with van der Waals surface area (Å²) in [4.78, 5) is 14.3. The van der Waals surface area contributed by atoms with Crippen LogP contribution in [0.5, 0.6) is 0 Å². The van der Waals surface area contributed by atoms with Gasteiger partial charge in [-0.15, -0.1) is 0 Å². The summed E-state index contributed by atoms with van der Waals surface area (Å²) in [6.45, 7) is 2.80. The van der Waals surface area contributed by atoms with Crippen LogP contribution in [0.25, 0.3) is 11.3 Å². The SMILES string of the molecule is COCC(=O)Nc1cn[nH]c1[C@H]1CCCN(Cc2cn[nH]c2-c2ccccc2)C1. The van der Waals surface area contributed by atoms with Crippen LogP contribution < -0.4 is 5.32 Å². The van der Waals surface area contributed by atoms with Crippen LogP contribution in [0.2, 0.25) is 0 Å². The monoisotopic (exact) mass is 394 g/mol. The van der Waals surface area contributed by atoms with Gasteiger partial charge in [-0.1, -0.05) is 30.3 Å². The zero-order chi connectivity index (χ0) is 20.1. The summed E-state index contributed by atoms with van der Waals surface area (Å²) in [7, 11) is 1.51. The van der Waals surface area contributed by atoms with E-state index in [9.17, 15) is 4.79 Å². The number of amides is 1. The van der Waals surface area contributed by atoms with Crippen LogP contribution in [0.1, 0.15) is 30.0 Å². The van der Waals surface area contributed by atoms with Crippen LogP contribution >= 0.6 is 0 Å². The van der Waals surface area contributed by atoms with E-state index in [1.165, 1.54) is 12.7 Å². The number of hydrogen-bond acceptors (Lipinski definition) is 5. The summed E-state index contributed by atoms with van der Waals surface area (Å²) in [5.74, 6) is 0.116. The first-order valence-corrected chi connectivity index (χ1v) is 9.86. The van der Waals surface area contributed by atoms with Gasteiger partial charge in [-0.3, -0.25) is 19.9 Å². The molecule has 3 N–H and O–H groups in total. The quantitative estimate of drug-likeness (QED) is 0.572. The van der Waals surface area contributed by atoms with Crippen LogP contribution in [-0.4, -0.2) is 58.0 Å². The highest BCUT2D eigenvalue weighted by molar-refractivity contribution is 5.92. The lowest BCUT2D eigenvalue weighted by Crippen LogP contribution is -2.34. The number of methoxy groups -OCH3 is 1. The number of nitrogens with zero attached hydrogens (tertiary/aromatic N) is 3. The molecule has 0 saturated carbocycles. The normalized spacial score (nSPS) is 17.3. The minimum absolute atomic E-state index is 0.0319. The molecule has 0 bridgehead atoms. The summed E-state index contributed by atoms with van der Waals surface area (Å²) < 4.78 is 4.90. The Morgan fingerprint density at radius 3 is 2.90 bits per heavy atom. The lowest BCUT2D eigenvalue weighted by atomic mass is 9.93. The van der Waals surface area contributed by atoms with Crippen molar-refractivity contribution in [2.24, 2.45) is 0 Å². The number of ether oxygens (including phenoxy) is 1. The number of likely N-dealkylation sites (tertiary alicyclic amines) is 1. The van der Waals surface area contributed by atoms with Crippen LogP contribution in [0.3, 0.4) is 0 Å². The fourth-order valence-electron chi connectivity index (χ4n) is 3.99. The van der Waals surface area contributed by atoms with Crippen LogP contribution in [0.15, 0.2) is 42.7 Å². The minimum atomic E-state index is -0.172. The molecule has 29 heavy (non-hydrogen) atoms. The van der Waals surface area contributed by atoms with Crippen LogP contribution in [0, 0.1) is 0 Å². The Bertz CT molecular complexity index is 936. The second kappa shape index (κ2) is 9.02. The van der Waals surface area contributed by atoms with E-state index in [-0.39, 0.29) is 18.4 Å². The van der Waals surface area contributed by atoms with Crippen LogP contribution in [0.4, 0.5) is 5.69 Å². The zero-order valence-electron chi connectivity index (χ0n) is 16.5. The zero-order valence-corrected chi connectivity index (χ0v) is 16.5. The van der Waals surface area contributed by atoms with Crippen molar-refractivity contribution < 1.29 is 9.53 Å². The van der Waals surface area contributed by atoms with E-state index in [2.05, 4.69) is 42.7 Å². The highest BCUT2D eigenvalue weighted by Crippen LogP contribution is 2.32. The molecular weight excluding hydrogens is 368 g/mol. The van der Waals surface area contributed by atoms with Crippen molar-refractivity contribution in [3.63, 3.8) is 0 Å². The number of aromatic nitrogens is 4. The van der Waals surface area contributed by atoms with E-state index in [1.807, 2.05) is 24.4 Å².